The Morgan fingerprint density at radius 3 is 2.20 bits per heavy atom. The Bertz CT molecular complexity index is 328. The van der Waals surface area contributed by atoms with Gasteiger partial charge in [0, 0.05) is 37.6 Å². The predicted molar refractivity (Wildman–Crippen MR) is 60.7 cm³/mol. The van der Waals surface area contributed by atoms with Crippen LogP contribution in [0.3, 0.4) is 0 Å². The highest BCUT2D eigenvalue weighted by Crippen LogP contribution is 2.17. The molecule has 0 spiro atoms. The van der Waals surface area contributed by atoms with Crippen molar-refractivity contribution in [1.29, 1.82) is 0 Å². The molecule has 4 heteroatoms. The molecule has 4 nitrogen and oxygen atoms in total. The summed E-state index contributed by atoms with van der Waals surface area (Å²) in [5, 5.41) is 0. The smallest absolute Gasteiger partial charge is 0.209 e. The van der Waals surface area contributed by atoms with Crippen molar-refractivity contribution < 1.29 is 4.79 Å². The van der Waals surface area contributed by atoms with E-state index in [1.54, 1.807) is 4.90 Å². The first kappa shape index (κ1) is 9.83. The van der Waals surface area contributed by atoms with Crippen molar-refractivity contribution >= 4 is 17.8 Å². The van der Waals surface area contributed by atoms with Gasteiger partial charge in [0.1, 0.15) is 0 Å². The van der Waals surface area contributed by atoms with Crippen LogP contribution >= 0.6 is 0 Å². The van der Waals surface area contributed by atoms with Crippen molar-refractivity contribution in [2.75, 3.05) is 36.8 Å². The molecule has 1 fully saturated rings. The Labute approximate surface area is 89.3 Å². The van der Waals surface area contributed by atoms with Crippen LogP contribution in [0.5, 0.6) is 0 Å². The fourth-order valence-electron chi connectivity index (χ4n) is 1.77. The number of anilines is 2. The van der Waals surface area contributed by atoms with E-state index in [-0.39, 0.29) is 0 Å². The Hall–Kier alpha value is -1.71. The summed E-state index contributed by atoms with van der Waals surface area (Å²) in [5.41, 5.74) is 7.59. The SMILES string of the molecule is Nc1ccc(N2CCN(C=O)CC2)cc1. The first-order chi connectivity index (χ1) is 7.29. The van der Waals surface area contributed by atoms with Gasteiger partial charge in [-0.3, -0.25) is 4.79 Å². The second kappa shape index (κ2) is 4.21. The quantitative estimate of drug-likeness (QED) is 0.566. The van der Waals surface area contributed by atoms with E-state index in [9.17, 15) is 4.79 Å². The van der Waals surface area contributed by atoms with Gasteiger partial charge in [-0.1, -0.05) is 0 Å². The molecule has 2 N–H and O–H groups in total. The summed E-state index contributed by atoms with van der Waals surface area (Å²) in [6.07, 6.45) is 0.917. The maximum Gasteiger partial charge on any atom is 0.209 e. The normalized spacial score (nSPS) is 16.5. The first-order valence-electron chi connectivity index (χ1n) is 5.09. The van der Waals surface area contributed by atoms with Gasteiger partial charge in [0.2, 0.25) is 6.41 Å². The minimum Gasteiger partial charge on any atom is -0.399 e. The van der Waals surface area contributed by atoms with Crippen LogP contribution in [0.4, 0.5) is 11.4 Å². The van der Waals surface area contributed by atoms with Crippen LogP contribution in [-0.2, 0) is 4.79 Å². The van der Waals surface area contributed by atoms with Crippen molar-refractivity contribution in [1.82, 2.24) is 4.90 Å². The highest BCUT2D eigenvalue weighted by molar-refractivity contribution is 5.54. The fraction of sp³-hybridized carbons (Fsp3) is 0.364. The lowest BCUT2D eigenvalue weighted by atomic mass is 10.2. The van der Waals surface area contributed by atoms with Crippen LogP contribution in [0.15, 0.2) is 24.3 Å². The molecule has 0 radical (unpaired) electrons. The topological polar surface area (TPSA) is 49.6 Å². The zero-order valence-corrected chi connectivity index (χ0v) is 8.60. The monoisotopic (exact) mass is 205 g/mol. The van der Waals surface area contributed by atoms with Crippen LogP contribution < -0.4 is 10.6 Å². The van der Waals surface area contributed by atoms with E-state index < -0.39 is 0 Å². The van der Waals surface area contributed by atoms with Crippen molar-refractivity contribution in [2.45, 2.75) is 0 Å². The third kappa shape index (κ3) is 2.21. The van der Waals surface area contributed by atoms with Gasteiger partial charge in [0.15, 0.2) is 0 Å². The lowest BCUT2D eigenvalue weighted by molar-refractivity contribution is -0.118. The molecule has 0 aromatic heterocycles. The molecule has 1 aliphatic rings. The zero-order valence-electron chi connectivity index (χ0n) is 8.60. The second-order valence-corrected chi connectivity index (χ2v) is 3.72. The highest BCUT2D eigenvalue weighted by Gasteiger charge is 2.15. The van der Waals surface area contributed by atoms with E-state index in [4.69, 9.17) is 5.73 Å². The van der Waals surface area contributed by atoms with Gasteiger partial charge >= 0.3 is 0 Å². The van der Waals surface area contributed by atoms with Crippen LogP contribution in [0.2, 0.25) is 0 Å². The summed E-state index contributed by atoms with van der Waals surface area (Å²) in [6, 6.07) is 7.85. The average Bonchev–Trinajstić information content (AvgIpc) is 2.30. The molecule has 0 saturated carbocycles. The Balaban J connectivity index is 2.01. The van der Waals surface area contributed by atoms with Gasteiger partial charge in [-0.05, 0) is 24.3 Å². The predicted octanol–water partition coefficient (Wildman–Crippen LogP) is 0.547. The number of rotatable bonds is 2. The third-order valence-corrected chi connectivity index (χ3v) is 2.72. The number of hydrogen-bond acceptors (Lipinski definition) is 3. The molecule has 1 heterocycles. The maximum absolute atomic E-state index is 10.5. The van der Waals surface area contributed by atoms with Crippen LogP contribution in [0, 0.1) is 0 Å². The largest absolute Gasteiger partial charge is 0.399 e. The molecular formula is C11H15N3O. The minimum atomic E-state index is 0.783. The molecule has 80 valence electrons. The summed E-state index contributed by atoms with van der Waals surface area (Å²) in [4.78, 5) is 14.6. The molecular weight excluding hydrogens is 190 g/mol. The molecule has 0 atom stereocenters. The Kier molecular flexibility index (Phi) is 2.76. The van der Waals surface area contributed by atoms with Crippen LogP contribution in [0.25, 0.3) is 0 Å². The fourth-order valence-corrected chi connectivity index (χ4v) is 1.77. The second-order valence-electron chi connectivity index (χ2n) is 3.72. The number of carbonyl (C=O) groups is 1. The highest BCUT2D eigenvalue weighted by atomic mass is 16.1. The van der Waals surface area contributed by atoms with Gasteiger partial charge < -0.3 is 15.5 Å². The van der Waals surface area contributed by atoms with Crippen LogP contribution in [0.1, 0.15) is 0 Å². The summed E-state index contributed by atoms with van der Waals surface area (Å²) < 4.78 is 0. The van der Waals surface area contributed by atoms with Crippen molar-refractivity contribution in [3.05, 3.63) is 24.3 Å². The van der Waals surface area contributed by atoms with Crippen molar-refractivity contribution in [2.24, 2.45) is 0 Å². The number of nitrogens with zero attached hydrogens (tertiary/aromatic N) is 2. The Morgan fingerprint density at radius 1 is 1.07 bits per heavy atom. The molecule has 2 rings (SSSR count). The lowest BCUT2D eigenvalue weighted by Crippen LogP contribution is -2.45. The van der Waals surface area contributed by atoms with Gasteiger partial charge in [0.05, 0.1) is 0 Å². The van der Waals surface area contributed by atoms with E-state index in [2.05, 4.69) is 4.90 Å². The zero-order chi connectivity index (χ0) is 10.7. The van der Waals surface area contributed by atoms with Gasteiger partial charge in [-0.25, -0.2) is 0 Å². The number of nitrogens with two attached hydrogens (primary N) is 1. The van der Waals surface area contributed by atoms with Crippen molar-refractivity contribution in [3.8, 4) is 0 Å². The summed E-state index contributed by atoms with van der Waals surface area (Å²) >= 11 is 0. The average molecular weight is 205 g/mol. The van der Waals surface area contributed by atoms with E-state index in [1.807, 2.05) is 24.3 Å². The van der Waals surface area contributed by atoms with Crippen molar-refractivity contribution in [3.63, 3.8) is 0 Å². The number of carbonyl (C=O) groups excluding carboxylic acids is 1. The van der Waals surface area contributed by atoms with Gasteiger partial charge in [0.25, 0.3) is 0 Å². The standard InChI is InChI=1S/C11H15N3O/c12-10-1-3-11(4-2-10)14-7-5-13(9-15)6-8-14/h1-4,9H,5-8,12H2. The van der Waals surface area contributed by atoms with E-state index in [1.165, 1.54) is 5.69 Å². The third-order valence-electron chi connectivity index (χ3n) is 2.72. The number of amides is 1. The van der Waals surface area contributed by atoms with Gasteiger partial charge in [-0.15, -0.1) is 0 Å². The Morgan fingerprint density at radius 2 is 1.67 bits per heavy atom. The number of nitrogen functional groups attached to an aromatic ring is 1. The molecule has 1 aromatic carbocycles. The number of piperazine rings is 1. The minimum absolute atomic E-state index is 0.783. The molecule has 1 amide bonds. The lowest BCUT2D eigenvalue weighted by Gasteiger charge is -2.34. The first-order valence-corrected chi connectivity index (χ1v) is 5.09. The van der Waals surface area contributed by atoms with E-state index in [0.717, 1.165) is 38.3 Å². The molecule has 0 aliphatic carbocycles. The van der Waals surface area contributed by atoms with Gasteiger partial charge in [-0.2, -0.15) is 0 Å². The maximum atomic E-state index is 10.5. The summed E-state index contributed by atoms with van der Waals surface area (Å²) in [6.45, 7) is 3.38. The van der Waals surface area contributed by atoms with E-state index in [0.29, 0.717) is 0 Å². The van der Waals surface area contributed by atoms with Crippen LogP contribution in [-0.4, -0.2) is 37.5 Å². The number of benzene rings is 1. The van der Waals surface area contributed by atoms with E-state index >= 15 is 0 Å². The molecule has 0 unspecified atom stereocenters. The number of hydrogen-bond donors (Lipinski definition) is 1. The molecule has 0 bridgehead atoms. The summed E-state index contributed by atoms with van der Waals surface area (Å²) in [5.74, 6) is 0. The molecule has 1 aromatic rings. The molecule has 1 aliphatic heterocycles. The molecule has 1 saturated heterocycles. The molecule has 15 heavy (non-hydrogen) atoms. The summed E-state index contributed by atoms with van der Waals surface area (Å²) in [7, 11) is 0.